The van der Waals surface area contributed by atoms with Gasteiger partial charge in [0.15, 0.2) is 0 Å². The van der Waals surface area contributed by atoms with E-state index in [0.717, 1.165) is 0 Å². The third-order valence-electron chi connectivity index (χ3n) is 1.91. The molecular formula is C8H15NO4. The maximum absolute atomic E-state index is 10.7. The number of carboxylic acids is 2. The first kappa shape index (κ1) is 11.9. The maximum atomic E-state index is 10.7. The van der Waals surface area contributed by atoms with Crippen LogP contribution in [0, 0.1) is 0 Å². The summed E-state index contributed by atoms with van der Waals surface area (Å²) in [6.45, 7) is 1.81. The lowest BCUT2D eigenvalue weighted by Gasteiger charge is -2.22. The minimum Gasteiger partial charge on any atom is -0.481 e. The quantitative estimate of drug-likeness (QED) is 0.562. The molecule has 5 nitrogen and oxygen atoms in total. The predicted molar refractivity (Wildman–Crippen MR) is 46.3 cm³/mol. The summed E-state index contributed by atoms with van der Waals surface area (Å²) >= 11 is 0. The van der Waals surface area contributed by atoms with Crippen LogP contribution in [0.3, 0.4) is 0 Å². The van der Waals surface area contributed by atoms with E-state index in [1.54, 1.807) is 0 Å². The molecule has 0 aliphatic heterocycles. The van der Waals surface area contributed by atoms with E-state index in [2.05, 4.69) is 0 Å². The van der Waals surface area contributed by atoms with Crippen LogP contribution < -0.4 is 5.73 Å². The van der Waals surface area contributed by atoms with Crippen molar-refractivity contribution in [2.75, 3.05) is 0 Å². The highest BCUT2D eigenvalue weighted by atomic mass is 16.4. The van der Waals surface area contributed by atoms with Crippen molar-refractivity contribution in [3.05, 3.63) is 0 Å². The van der Waals surface area contributed by atoms with Crippen molar-refractivity contribution in [3.8, 4) is 0 Å². The topological polar surface area (TPSA) is 101 Å². The standard InChI is InChI=1S/C8H15NO4/c1-2-4-8(9,7(12)13)5-3-6(10)11/h2-5,9H2,1H3,(H,10,11)(H,12,13)/t8-/m0/s1. The number of hydrogen-bond donors (Lipinski definition) is 3. The summed E-state index contributed by atoms with van der Waals surface area (Å²) in [5.41, 5.74) is 4.15. The summed E-state index contributed by atoms with van der Waals surface area (Å²) in [7, 11) is 0. The average Bonchev–Trinajstić information content (AvgIpc) is 2.01. The number of nitrogens with two attached hydrogens (primary N) is 1. The molecule has 0 unspecified atom stereocenters. The van der Waals surface area contributed by atoms with Crippen LogP contribution in [-0.4, -0.2) is 27.7 Å². The number of carbonyl (C=O) groups is 2. The Balaban J connectivity index is 4.24. The second-order valence-corrected chi connectivity index (χ2v) is 3.11. The third kappa shape index (κ3) is 3.89. The van der Waals surface area contributed by atoms with Gasteiger partial charge in [-0.25, -0.2) is 0 Å². The fourth-order valence-corrected chi connectivity index (χ4v) is 1.11. The molecule has 0 aliphatic carbocycles. The van der Waals surface area contributed by atoms with Gasteiger partial charge in [-0.3, -0.25) is 9.59 Å². The lowest BCUT2D eigenvalue weighted by Crippen LogP contribution is -2.48. The van der Waals surface area contributed by atoms with Gasteiger partial charge in [-0.05, 0) is 12.8 Å². The molecule has 0 saturated carbocycles. The molecule has 0 aromatic rings. The van der Waals surface area contributed by atoms with Crippen molar-refractivity contribution in [2.45, 2.75) is 38.1 Å². The van der Waals surface area contributed by atoms with E-state index in [4.69, 9.17) is 15.9 Å². The molecule has 0 aromatic carbocycles. The Hall–Kier alpha value is -1.10. The molecule has 0 saturated heterocycles. The lowest BCUT2D eigenvalue weighted by atomic mass is 9.90. The highest BCUT2D eigenvalue weighted by Crippen LogP contribution is 2.16. The van der Waals surface area contributed by atoms with Crippen LogP contribution in [0.15, 0.2) is 0 Å². The van der Waals surface area contributed by atoms with Crippen LogP contribution >= 0.6 is 0 Å². The van der Waals surface area contributed by atoms with E-state index >= 15 is 0 Å². The predicted octanol–water partition coefficient (Wildman–Crippen LogP) is 0.433. The Morgan fingerprint density at radius 2 is 1.85 bits per heavy atom. The van der Waals surface area contributed by atoms with E-state index in [1.807, 2.05) is 6.92 Å². The highest BCUT2D eigenvalue weighted by molar-refractivity contribution is 5.79. The van der Waals surface area contributed by atoms with Crippen LogP contribution in [-0.2, 0) is 9.59 Å². The van der Waals surface area contributed by atoms with Crippen LogP contribution in [0.25, 0.3) is 0 Å². The summed E-state index contributed by atoms with van der Waals surface area (Å²) in [4.78, 5) is 20.9. The van der Waals surface area contributed by atoms with Gasteiger partial charge in [0.25, 0.3) is 0 Å². The molecule has 0 amide bonds. The van der Waals surface area contributed by atoms with Crippen molar-refractivity contribution >= 4 is 11.9 Å². The summed E-state index contributed by atoms with van der Waals surface area (Å²) in [5, 5.41) is 17.1. The maximum Gasteiger partial charge on any atom is 0.323 e. The van der Waals surface area contributed by atoms with Gasteiger partial charge in [0.05, 0.1) is 0 Å². The van der Waals surface area contributed by atoms with Crippen LogP contribution in [0.1, 0.15) is 32.6 Å². The Kier molecular flexibility index (Phi) is 4.40. The Bertz CT molecular complexity index is 204. The zero-order valence-electron chi connectivity index (χ0n) is 7.62. The van der Waals surface area contributed by atoms with E-state index in [0.29, 0.717) is 12.8 Å². The fourth-order valence-electron chi connectivity index (χ4n) is 1.11. The van der Waals surface area contributed by atoms with E-state index in [9.17, 15) is 9.59 Å². The molecule has 1 atom stereocenters. The van der Waals surface area contributed by atoms with Gasteiger partial charge in [-0.15, -0.1) is 0 Å². The van der Waals surface area contributed by atoms with Crippen LogP contribution in [0.2, 0.25) is 0 Å². The van der Waals surface area contributed by atoms with E-state index < -0.39 is 17.5 Å². The smallest absolute Gasteiger partial charge is 0.323 e. The second-order valence-electron chi connectivity index (χ2n) is 3.11. The Labute approximate surface area is 76.5 Å². The molecule has 0 spiro atoms. The van der Waals surface area contributed by atoms with E-state index in [-0.39, 0.29) is 12.8 Å². The Morgan fingerprint density at radius 1 is 1.31 bits per heavy atom. The number of carboxylic acid groups (broad SMARTS) is 2. The van der Waals surface area contributed by atoms with E-state index in [1.165, 1.54) is 0 Å². The number of rotatable bonds is 6. The second kappa shape index (κ2) is 4.81. The summed E-state index contributed by atoms with van der Waals surface area (Å²) in [6.07, 6.45) is 0.701. The molecule has 0 radical (unpaired) electrons. The number of aliphatic carboxylic acids is 2. The van der Waals surface area contributed by atoms with Gasteiger partial charge in [0.1, 0.15) is 5.54 Å². The molecule has 0 aliphatic rings. The molecule has 0 bridgehead atoms. The molecule has 0 fully saturated rings. The van der Waals surface area contributed by atoms with Gasteiger partial charge in [0, 0.05) is 6.42 Å². The summed E-state index contributed by atoms with van der Waals surface area (Å²) < 4.78 is 0. The third-order valence-corrected chi connectivity index (χ3v) is 1.91. The van der Waals surface area contributed by atoms with Crippen LogP contribution in [0.4, 0.5) is 0 Å². The van der Waals surface area contributed by atoms with Crippen molar-refractivity contribution in [2.24, 2.45) is 5.73 Å². The minimum atomic E-state index is -1.38. The van der Waals surface area contributed by atoms with Crippen LogP contribution in [0.5, 0.6) is 0 Å². The monoisotopic (exact) mass is 189 g/mol. The first-order valence-electron chi connectivity index (χ1n) is 4.16. The van der Waals surface area contributed by atoms with Gasteiger partial charge < -0.3 is 15.9 Å². The summed E-state index contributed by atoms with van der Waals surface area (Å²) in [5.74, 6) is -2.15. The van der Waals surface area contributed by atoms with Gasteiger partial charge in [-0.2, -0.15) is 0 Å². The molecule has 13 heavy (non-hydrogen) atoms. The van der Waals surface area contributed by atoms with Gasteiger partial charge in [-0.1, -0.05) is 13.3 Å². The fraction of sp³-hybridized carbons (Fsp3) is 0.750. The zero-order chi connectivity index (χ0) is 10.5. The van der Waals surface area contributed by atoms with Crippen molar-refractivity contribution in [1.82, 2.24) is 0 Å². The average molecular weight is 189 g/mol. The number of hydrogen-bond acceptors (Lipinski definition) is 3. The molecule has 5 heteroatoms. The molecule has 4 N–H and O–H groups in total. The first-order chi connectivity index (χ1) is 5.92. The SMILES string of the molecule is CCC[C@](N)(CCC(=O)O)C(=O)O. The zero-order valence-corrected chi connectivity index (χ0v) is 7.62. The first-order valence-corrected chi connectivity index (χ1v) is 4.16. The largest absolute Gasteiger partial charge is 0.481 e. The molecule has 0 rings (SSSR count). The molecule has 0 heterocycles. The van der Waals surface area contributed by atoms with Gasteiger partial charge >= 0.3 is 11.9 Å². The lowest BCUT2D eigenvalue weighted by molar-refractivity contribution is -0.144. The summed E-state index contributed by atoms with van der Waals surface area (Å²) in [6, 6.07) is 0. The van der Waals surface area contributed by atoms with Crippen molar-refractivity contribution < 1.29 is 19.8 Å². The highest BCUT2D eigenvalue weighted by Gasteiger charge is 2.32. The van der Waals surface area contributed by atoms with Crippen molar-refractivity contribution in [1.29, 1.82) is 0 Å². The normalized spacial score (nSPS) is 14.9. The molecule has 76 valence electrons. The molecule has 0 aromatic heterocycles. The minimum absolute atomic E-state index is 0.0223. The Morgan fingerprint density at radius 3 is 2.15 bits per heavy atom. The molecular weight excluding hydrogens is 174 g/mol. The van der Waals surface area contributed by atoms with Crippen molar-refractivity contribution in [3.63, 3.8) is 0 Å². The van der Waals surface area contributed by atoms with Gasteiger partial charge in [0.2, 0.25) is 0 Å².